The second-order valence-electron chi connectivity index (χ2n) is 6.67. The Kier molecular flexibility index (Phi) is 8.15. The van der Waals surface area contributed by atoms with Crippen molar-refractivity contribution in [2.75, 3.05) is 32.7 Å². The fourth-order valence-corrected chi connectivity index (χ4v) is 2.66. The van der Waals surface area contributed by atoms with Crippen molar-refractivity contribution >= 4 is 5.91 Å². The van der Waals surface area contributed by atoms with Crippen LogP contribution in [0.25, 0.3) is 0 Å². The number of piperidine rings is 1. The Morgan fingerprint density at radius 1 is 1.35 bits per heavy atom. The first-order chi connectivity index (χ1) is 9.51. The van der Waals surface area contributed by atoms with Crippen LogP contribution in [0.3, 0.4) is 0 Å². The molecule has 2 N–H and O–H groups in total. The van der Waals surface area contributed by atoms with E-state index in [9.17, 15) is 4.79 Å². The van der Waals surface area contributed by atoms with Crippen LogP contribution in [0.15, 0.2) is 0 Å². The van der Waals surface area contributed by atoms with Crippen molar-refractivity contribution in [1.29, 1.82) is 0 Å². The van der Waals surface area contributed by atoms with Crippen LogP contribution in [0.5, 0.6) is 0 Å². The van der Waals surface area contributed by atoms with Gasteiger partial charge in [0.05, 0.1) is 6.54 Å². The molecule has 2 atom stereocenters. The molecule has 1 fully saturated rings. The average molecular weight is 283 g/mol. The summed E-state index contributed by atoms with van der Waals surface area (Å²) in [6.45, 7) is 13.5. The Morgan fingerprint density at radius 2 is 2.10 bits per heavy atom. The Balaban J connectivity index is 2.24. The van der Waals surface area contributed by atoms with E-state index >= 15 is 0 Å². The molecule has 1 aliphatic rings. The third kappa shape index (κ3) is 7.25. The molecule has 1 amide bonds. The predicted molar refractivity (Wildman–Crippen MR) is 84.8 cm³/mol. The van der Waals surface area contributed by atoms with E-state index in [1.165, 1.54) is 12.8 Å². The van der Waals surface area contributed by atoms with Gasteiger partial charge in [0.25, 0.3) is 0 Å². The number of amides is 1. The molecule has 4 heteroatoms. The normalized spacial score (nSPS) is 21.9. The molecule has 118 valence electrons. The van der Waals surface area contributed by atoms with E-state index in [2.05, 4.69) is 43.2 Å². The molecule has 0 bridgehead atoms. The highest BCUT2D eigenvalue weighted by molar-refractivity contribution is 5.78. The maximum atomic E-state index is 11.9. The minimum atomic E-state index is 0.176. The van der Waals surface area contributed by atoms with Crippen LogP contribution < -0.4 is 10.6 Å². The van der Waals surface area contributed by atoms with E-state index < -0.39 is 0 Å². The molecule has 1 saturated heterocycles. The van der Waals surface area contributed by atoms with Gasteiger partial charge in [-0.25, -0.2) is 0 Å². The summed E-state index contributed by atoms with van der Waals surface area (Å²) in [4.78, 5) is 14.2. The first-order valence-corrected chi connectivity index (χ1v) is 8.23. The van der Waals surface area contributed by atoms with Crippen LogP contribution >= 0.6 is 0 Å². The van der Waals surface area contributed by atoms with Crippen LogP contribution in [0.4, 0.5) is 0 Å². The van der Waals surface area contributed by atoms with E-state index in [1.54, 1.807) is 0 Å². The minimum Gasteiger partial charge on any atom is -0.353 e. The Morgan fingerprint density at radius 3 is 2.75 bits per heavy atom. The molecule has 0 saturated carbocycles. The van der Waals surface area contributed by atoms with Gasteiger partial charge in [-0.2, -0.15) is 0 Å². The Hall–Kier alpha value is -0.610. The molecule has 20 heavy (non-hydrogen) atoms. The number of hydrogen-bond donors (Lipinski definition) is 2. The van der Waals surface area contributed by atoms with Gasteiger partial charge in [0.1, 0.15) is 0 Å². The van der Waals surface area contributed by atoms with E-state index in [1.807, 2.05) is 0 Å². The fraction of sp³-hybridized carbons (Fsp3) is 0.938. The van der Waals surface area contributed by atoms with Crippen LogP contribution in [0.2, 0.25) is 0 Å². The molecule has 0 aromatic heterocycles. The summed E-state index contributed by atoms with van der Waals surface area (Å²) in [5, 5.41) is 6.60. The summed E-state index contributed by atoms with van der Waals surface area (Å²) in [6.07, 6.45) is 3.49. The number of nitrogens with zero attached hydrogens (tertiary/aromatic N) is 1. The zero-order valence-corrected chi connectivity index (χ0v) is 13.7. The first kappa shape index (κ1) is 17.4. The van der Waals surface area contributed by atoms with Gasteiger partial charge in [-0.1, -0.05) is 20.8 Å². The number of rotatable bonds is 8. The number of hydrogen-bond acceptors (Lipinski definition) is 3. The average Bonchev–Trinajstić information content (AvgIpc) is 2.38. The van der Waals surface area contributed by atoms with Gasteiger partial charge in [0, 0.05) is 12.6 Å². The van der Waals surface area contributed by atoms with Crippen molar-refractivity contribution in [3.8, 4) is 0 Å². The largest absolute Gasteiger partial charge is 0.353 e. The smallest absolute Gasteiger partial charge is 0.234 e. The summed E-state index contributed by atoms with van der Waals surface area (Å²) >= 11 is 0. The predicted octanol–water partition coefficient (Wildman–Crippen LogP) is 1.86. The molecule has 4 nitrogen and oxygen atoms in total. The van der Waals surface area contributed by atoms with Crippen molar-refractivity contribution < 1.29 is 4.79 Å². The highest BCUT2D eigenvalue weighted by Gasteiger charge is 2.21. The number of carbonyl (C=O) groups excluding carboxylic acids is 1. The quantitative estimate of drug-likeness (QED) is 0.714. The van der Waals surface area contributed by atoms with Crippen LogP contribution in [0, 0.1) is 11.8 Å². The number of nitrogens with one attached hydrogen (secondary N) is 2. The van der Waals surface area contributed by atoms with Gasteiger partial charge < -0.3 is 10.6 Å². The zero-order valence-electron chi connectivity index (χ0n) is 13.7. The zero-order chi connectivity index (χ0) is 15.0. The summed E-state index contributed by atoms with van der Waals surface area (Å²) in [5.41, 5.74) is 0. The molecule has 0 radical (unpaired) electrons. The summed E-state index contributed by atoms with van der Waals surface area (Å²) < 4.78 is 0. The fourth-order valence-electron chi connectivity index (χ4n) is 2.66. The highest BCUT2D eigenvalue weighted by atomic mass is 16.2. The Labute approximate surface area is 124 Å². The molecule has 2 unspecified atom stereocenters. The van der Waals surface area contributed by atoms with Gasteiger partial charge in [0.2, 0.25) is 5.91 Å². The highest BCUT2D eigenvalue weighted by Crippen LogP contribution is 2.15. The van der Waals surface area contributed by atoms with Gasteiger partial charge >= 0.3 is 0 Å². The SMILES string of the molecule is CCC(C)NC(=O)CN1CCCC(CNCC(C)C)C1. The number of carbonyl (C=O) groups is 1. The molecule has 1 heterocycles. The van der Waals surface area contributed by atoms with E-state index in [0.717, 1.165) is 32.6 Å². The van der Waals surface area contributed by atoms with Crippen LogP contribution in [-0.4, -0.2) is 49.6 Å². The third-order valence-corrected chi connectivity index (χ3v) is 3.98. The topological polar surface area (TPSA) is 44.4 Å². The first-order valence-electron chi connectivity index (χ1n) is 8.23. The second kappa shape index (κ2) is 9.35. The lowest BCUT2D eigenvalue weighted by atomic mass is 9.98. The van der Waals surface area contributed by atoms with Gasteiger partial charge in [0.15, 0.2) is 0 Å². The molecule has 0 spiro atoms. The summed E-state index contributed by atoms with van der Waals surface area (Å²) in [5.74, 6) is 1.57. The maximum Gasteiger partial charge on any atom is 0.234 e. The molecule has 0 aromatic carbocycles. The van der Waals surface area contributed by atoms with Crippen molar-refractivity contribution in [1.82, 2.24) is 15.5 Å². The standard InChI is InChI=1S/C16H33N3O/c1-5-14(4)18-16(20)12-19-8-6-7-15(11-19)10-17-9-13(2)3/h13-15,17H,5-12H2,1-4H3,(H,18,20). The van der Waals surface area contributed by atoms with E-state index in [0.29, 0.717) is 18.4 Å². The van der Waals surface area contributed by atoms with E-state index in [-0.39, 0.29) is 11.9 Å². The molecule has 1 rings (SSSR count). The van der Waals surface area contributed by atoms with Gasteiger partial charge in [-0.15, -0.1) is 0 Å². The lowest BCUT2D eigenvalue weighted by molar-refractivity contribution is -0.123. The van der Waals surface area contributed by atoms with Crippen molar-refractivity contribution in [3.63, 3.8) is 0 Å². The lowest BCUT2D eigenvalue weighted by Crippen LogP contribution is -2.46. The lowest BCUT2D eigenvalue weighted by Gasteiger charge is -2.32. The van der Waals surface area contributed by atoms with Crippen molar-refractivity contribution in [2.24, 2.45) is 11.8 Å². The summed E-state index contributed by atoms with van der Waals surface area (Å²) in [6, 6.07) is 0.288. The van der Waals surface area contributed by atoms with E-state index in [4.69, 9.17) is 0 Å². The number of likely N-dealkylation sites (tertiary alicyclic amines) is 1. The van der Waals surface area contributed by atoms with Crippen LogP contribution in [-0.2, 0) is 4.79 Å². The molecular formula is C16H33N3O. The van der Waals surface area contributed by atoms with Gasteiger partial charge in [-0.05, 0) is 57.7 Å². The summed E-state index contributed by atoms with van der Waals surface area (Å²) in [7, 11) is 0. The van der Waals surface area contributed by atoms with Gasteiger partial charge in [-0.3, -0.25) is 9.69 Å². The molecular weight excluding hydrogens is 250 g/mol. The second-order valence-corrected chi connectivity index (χ2v) is 6.67. The minimum absolute atomic E-state index is 0.176. The van der Waals surface area contributed by atoms with Crippen molar-refractivity contribution in [2.45, 2.75) is 53.0 Å². The molecule has 0 aliphatic carbocycles. The molecule has 1 aliphatic heterocycles. The monoisotopic (exact) mass is 283 g/mol. The molecule has 0 aromatic rings. The van der Waals surface area contributed by atoms with Crippen molar-refractivity contribution in [3.05, 3.63) is 0 Å². The van der Waals surface area contributed by atoms with Crippen LogP contribution in [0.1, 0.15) is 47.0 Å². The maximum absolute atomic E-state index is 11.9. The Bertz CT molecular complexity index is 281. The third-order valence-electron chi connectivity index (χ3n) is 3.98.